The van der Waals surface area contributed by atoms with Gasteiger partial charge in [-0.1, -0.05) is 13.0 Å². The molecule has 2 fully saturated rings. The lowest BCUT2D eigenvalue weighted by Gasteiger charge is -2.17. The van der Waals surface area contributed by atoms with Crippen LogP contribution in [0.15, 0.2) is 18.2 Å². The van der Waals surface area contributed by atoms with E-state index in [2.05, 4.69) is 24.4 Å². The summed E-state index contributed by atoms with van der Waals surface area (Å²) in [5, 5.41) is 3.46. The Hall–Kier alpha value is -1.22. The second-order valence-corrected chi connectivity index (χ2v) is 5.91. The summed E-state index contributed by atoms with van der Waals surface area (Å²) in [7, 11) is 1.71. The number of benzene rings is 1. The third-order valence-electron chi connectivity index (χ3n) is 4.30. The highest BCUT2D eigenvalue weighted by molar-refractivity contribution is 5.44. The van der Waals surface area contributed by atoms with Crippen molar-refractivity contribution in [3.63, 3.8) is 0 Å². The van der Waals surface area contributed by atoms with Crippen LogP contribution >= 0.6 is 0 Å². The van der Waals surface area contributed by atoms with Crippen molar-refractivity contribution >= 4 is 0 Å². The Balaban J connectivity index is 1.78. The van der Waals surface area contributed by atoms with E-state index in [-0.39, 0.29) is 0 Å². The Kier molecular flexibility index (Phi) is 3.65. The van der Waals surface area contributed by atoms with E-state index in [0.29, 0.717) is 11.8 Å². The monoisotopic (exact) mass is 261 g/mol. The van der Waals surface area contributed by atoms with Crippen LogP contribution in [-0.4, -0.2) is 26.8 Å². The number of nitrogens with one attached hydrogen (secondary N) is 1. The minimum atomic E-state index is 0.592. The molecular weight excluding hydrogens is 238 g/mol. The van der Waals surface area contributed by atoms with E-state index in [0.717, 1.165) is 37.1 Å². The molecule has 1 aliphatic carbocycles. The van der Waals surface area contributed by atoms with Gasteiger partial charge in [0.2, 0.25) is 0 Å². The molecule has 1 heterocycles. The first kappa shape index (κ1) is 12.8. The summed E-state index contributed by atoms with van der Waals surface area (Å²) >= 11 is 0. The zero-order chi connectivity index (χ0) is 13.2. The molecule has 0 spiro atoms. The largest absolute Gasteiger partial charge is 0.493 e. The molecule has 0 bridgehead atoms. The normalized spacial score (nSPS) is 26.4. The van der Waals surface area contributed by atoms with Crippen LogP contribution in [0.1, 0.15) is 31.2 Å². The Bertz CT molecular complexity index is 442. The van der Waals surface area contributed by atoms with E-state index in [1.54, 1.807) is 7.11 Å². The van der Waals surface area contributed by atoms with E-state index in [1.807, 2.05) is 6.07 Å². The van der Waals surface area contributed by atoms with Crippen molar-refractivity contribution < 1.29 is 9.47 Å². The van der Waals surface area contributed by atoms with Crippen molar-refractivity contribution in [1.29, 1.82) is 0 Å². The summed E-state index contributed by atoms with van der Waals surface area (Å²) in [5.41, 5.74) is 1.36. The van der Waals surface area contributed by atoms with E-state index >= 15 is 0 Å². The fourth-order valence-corrected chi connectivity index (χ4v) is 2.79. The zero-order valence-electron chi connectivity index (χ0n) is 11.8. The third-order valence-corrected chi connectivity index (χ3v) is 4.30. The summed E-state index contributed by atoms with van der Waals surface area (Å²) in [4.78, 5) is 0. The van der Waals surface area contributed by atoms with Gasteiger partial charge in [0, 0.05) is 12.5 Å². The minimum absolute atomic E-state index is 0.592. The van der Waals surface area contributed by atoms with Crippen LogP contribution < -0.4 is 14.8 Å². The summed E-state index contributed by atoms with van der Waals surface area (Å²) < 4.78 is 11.3. The van der Waals surface area contributed by atoms with Crippen LogP contribution in [0.5, 0.6) is 11.5 Å². The molecule has 1 saturated carbocycles. The van der Waals surface area contributed by atoms with Gasteiger partial charge in [-0.25, -0.2) is 0 Å². The van der Waals surface area contributed by atoms with Crippen molar-refractivity contribution in [2.75, 3.05) is 26.8 Å². The van der Waals surface area contributed by atoms with E-state index in [9.17, 15) is 0 Å². The molecule has 104 valence electrons. The first-order valence-electron chi connectivity index (χ1n) is 7.29. The van der Waals surface area contributed by atoms with E-state index in [1.165, 1.54) is 18.4 Å². The molecule has 1 aromatic rings. The summed E-state index contributed by atoms with van der Waals surface area (Å²) in [5.74, 6) is 3.80. The third kappa shape index (κ3) is 2.86. The maximum absolute atomic E-state index is 5.94. The van der Waals surface area contributed by atoms with Crippen LogP contribution in [-0.2, 0) is 0 Å². The first-order chi connectivity index (χ1) is 9.28. The fourth-order valence-electron chi connectivity index (χ4n) is 2.79. The van der Waals surface area contributed by atoms with Gasteiger partial charge in [0.15, 0.2) is 11.5 Å². The van der Waals surface area contributed by atoms with Gasteiger partial charge >= 0.3 is 0 Å². The second kappa shape index (κ2) is 5.41. The molecule has 0 radical (unpaired) electrons. The maximum atomic E-state index is 5.94. The zero-order valence-corrected chi connectivity index (χ0v) is 11.8. The van der Waals surface area contributed by atoms with Gasteiger partial charge in [0.25, 0.3) is 0 Å². The van der Waals surface area contributed by atoms with Crippen molar-refractivity contribution in [1.82, 2.24) is 5.32 Å². The van der Waals surface area contributed by atoms with Gasteiger partial charge in [0.1, 0.15) is 0 Å². The SMILES string of the molecule is COc1ccc(C2CNCC2C)cc1OCC1CC1. The van der Waals surface area contributed by atoms with Gasteiger partial charge < -0.3 is 14.8 Å². The van der Waals surface area contributed by atoms with Crippen LogP contribution in [0.2, 0.25) is 0 Å². The molecule has 1 aliphatic heterocycles. The molecule has 3 nitrogen and oxygen atoms in total. The molecule has 2 atom stereocenters. The smallest absolute Gasteiger partial charge is 0.161 e. The lowest BCUT2D eigenvalue weighted by Crippen LogP contribution is -2.09. The fraction of sp³-hybridized carbons (Fsp3) is 0.625. The van der Waals surface area contributed by atoms with Crippen LogP contribution in [0.3, 0.4) is 0 Å². The summed E-state index contributed by atoms with van der Waals surface area (Å²) in [6.07, 6.45) is 2.62. The lowest BCUT2D eigenvalue weighted by molar-refractivity contribution is 0.280. The molecule has 0 aromatic heterocycles. The highest BCUT2D eigenvalue weighted by Crippen LogP contribution is 2.36. The van der Waals surface area contributed by atoms with Gasteiger partial charge in [-0.3, -0.25) is 0 Å². The van der Waals surface area contributed by atoms with Crippen molar-refractivity contribution in [3.8, 4) is 11.5 Å². The van der Waals surface area contributed by atoms with Gasteiger partial charge in [-0.05, 0) is 48.9 Å². The molecule has 1 saturated heterocycles. The van der Waals surface area contributed by atoms with Gasteiger partial charge in [-0.15, -0.1) is 0 Å². The van der Waals surface area contributed by atoms with Gasteiger partial charge in [-0.2, -0.15) is 0 Å². The molecule has 19 heavy (non-hydrogen) atoms. The standard InChI is InChI=1S/C16H23NO2/c1-11-8-17-9-14(11)13-5-6-15(18-2)16(7-13)19-10-12-3-4-12/h5-7,11-12,14,17H,3-4,8-10H2,1-2H3. The molecular formula is C16H23NO2. The maximum Gasteiger partial charge on any atom is 0.161 e. The van der Waals surface area contributed by atoms with Crippen LogP contribution in [0.4, 0.5) is 0 Å². The molecule has 2 aliphatic rings. The second-order valence-electron chi connectivity index (χ2n) is 5.91. The van der Waals surface area contributed by atoms with Crippen molar-refractivity contribution in [2.24, 2.45) is 11.8 Å². The highest BCUT2D eigenvalue weighted by Gasteiger charge is 2.26. The Labute approximate surface area is 115 Å². The average Bonchev–Trinajstić information content (AvgIpc) is 3.17. The number of ether oxygens (including phenoxy) is 2. The van der Waals surface area contributed by atoms with Crippen molar-refractivity contribution in [2.45, 2.75) is 25.7 Å². The number of hydrogen-bond acceptors (Lipinski definition) is 3. The predicted octanol–water partition coefficient (Wildman–Crippen LogP) is 2.81. The van der Waals surface area contributed by atoms with E-state index < -0.39 is 0 Å². The molecule has 3 heteroatoms. The molecule has 0 amide bonds. The lowest BCUT2D eigenvalue weighted by atomic mass is 9.90. The van der Waals surface area contributed by atoms with Crippen LogP contribution in [0, 0.1) is 11.8 Å². The minimum Gasteiger partial charge on any atom is -0.493 e. The van der Waals surface area contributed by atoms with E-state index in [4.69, 9.17) is 9.47 Å². The van der Waals surface area contributed by atoms with Crippen LogP contribution in [0.25, 0.3) is 0 Å². The van der Waals surface area contributed by atoms with Crippen molar-refractivity contribution in [3.05, 3.63) is 23.8 Å². The number of methoxy groups -OCH3 is 1. The Morgan fingerprint density at radius 1 is 1.21 bits per heavy atom. The van der Waals surface area contributed by atoms with Gasteiger partial charge in [0.05, 0.1) is 13.7 Å². The molecule has 2 unspecified atom stereocenters. The summed E-state index contributed by atoms with van der Waals surface area (Å²) in [6, 6.07) is 6.40. The Morgan fingerprint density at radius 2 is 2.05 bits per heavy atom. The molecule has 1 N–H and O–H groups in total. The highest BCUT2D eigenvalue weighted by atomic mass is 16.5. The number of rotatable bonds is 5. The average molecular weight is 261 g/mol. The first-order valence-corrected chi connectivity index (χ1v) is 7.29. The number of hydrogen-bond donors (Lipinski definition) is 1. The topological polar surface area (TPSA) is 30.5 Å². The molecule has 1 aromatic carbocycles. The predicted molar refractivity (Wildman–Crippen MR) is 76.0 cm³/mol. The Morgan fingerprint density at radius 3 is 2.68 bits per heavy atom. The summed E-state index contributed by atoms with van der Waals surface area (Å²) in [6.45, 7) is 5.31. The molecule has 3 rings (SSSR count). The quantitative estimate of drug-likeness (QED) is 0.884.